The van der Waals surface area contributed by atoms with Gasteiger partial charge in [0.2, 0.25) is 0 Å². The van der Waals surface area contributed by atoms with E-state index in [2.05, 4.69) is 23.8 Å². The van der Waals surface area contributed by atoms with Crippen molar-refractivity contribution in [1.82, 2.24) is 38.0 Å². The van der Waals surface area contributed by atoms with Gasteiger partial charge in [-0.2, -0.15) is 0 Å². The average molecular weight is 594 g/mol. The fraction of sp³-hybridized carbons (Fsp3) is 0.688. The summed E-state index contributed by atoms with van der Waals surface area (Å²) in [5.41, 5.74) is 0.591. The summed E-state index contributed by atoms with van der Waals surface area (Å²) in [7, 11) is -8.31. The number of ether oxygens (including phenoxy) is 3. The van der Waals surface area contributed by atoms with E-state index in [1.165, 1.54) is 17.2 Å². The number of hydrogen-bond acceptors (Lipinski definition) is 16. The van der Waals surface area contributed by atoms with Gasteiger partial charge in [0.05, 0.1) is 34.0 Å². The molecule has 14 N–H and O–H groups in total. The normalized spacial score (nSPS) is 22.7. The fourth-order valence-electron chi connectivity index (χ4n) is 3.39. The first-order chi connectivity index (χ1) is 16.5. The summed E-state index contributed by atoms with van der Waals surface area (Å²) in [4.78, 5) is 47.2. The highest BCUT2D eigenvalue weighted by molar-refractivity contribution is 7.58. The Morgan fingerprint density at radius 1 is 1.03 bits per heavy atom. The van der Waals surface area contributed by atoms with Crippen LogP contribution < -0.4 is 38.0 Å². The Bertz CT molecular complexity index is 1080. The standard InChI is InChI=1S/C16H27N5O12P2.3H3N/c1-29-5-3-20(4-6-30-2)14-11-15(18-8-17-14)21(9-19-11)16-13(23)12(22)10(32-16)7-31-35(27,28)33-34(24,25)26;;;/h8-10,12-13,16,22-23H,3-7H2,1-2H3,(H,27,28)(H2,24,25,26);3*1H3/t10-,12-,13-,16-;;;/m1.../s1. The molecule has 1 unspecified atom stereocenters. The van der Waals surface area contributed by atoms with Crippen molar-refractivity contribution in [2.24, 2.45) is 0 Å². The third kappa shape index (κ3) is 8.91. The zero-order chi connectivity index (χ0) is 25.8. The Kier molecular flexibility index (Phi) is 14.5. The number of anilines is 1. The predicted molar refractivity (Wildman–Crippen MR) is 127 cm³/mol. The molecule has 0 radical (unpaired) electrons. The summed E-state index contributed by atoms with van der Waals surface area (Å²) < 4.78 is 46.8. The smallest absolute Gasteiger partial charge is 0.271 e. The number of quaternary nitrogens is 3. The van der Waals surface area contributed by atoms with Crippen LogP contribution >= 0.6 is 15.6 Å². The van der Waals surface area contributed by atoms with Gasteiger partial charge in [-0.3, -0.25) is 13.4 Å². The lowest BCUT2D eigenvalue weighted by Gasteiger charge is -2.35. The maximum Gasteiger partial charge on any atom is 0.271 e. The molecule has 222 valence electrons. The Hall–Kier alpha value is -1.71. The van der Waals surface area contributed by atoms with Gasteiger partial charge in [-0.05, 0) is 0 Å². The van der Waals surface area contributed by atoms with Gasteiger partial charge in [-0.15, -0.1) is 0 Å². The van der Waals surface area contributed by atoms with Gasteiger partial charge in [-0.1, -0.05) is 0 Å². The zero-order valence-electron chi connectivity index (χ0n) is 21.6. The number of fused-ring (bicyclic) bond motifs is 1. The highest BCUT2D eigenvalue weighted by Gasteiger charge is 2.45. The molecule has 38 heavy (non-hydrogen) atoms. The van der Waals surface area contributed by atoms with Gasteiger partial charge < -0.3 is 71.5 Å². The zero-order valence-corrected chi connectivity index (χ0v) is 23.4. The molecule has 1 aliphatic heterocycles. The molecule has 0 amide bonds. The van der Waals surface area contributed by atoms with Crippen LogP contribution in [0.1, 0.15) is 6.23 Å². The molecule has 0 aromatic carbocycles. The number of imidazole rings is 1. The molecule has 5 atom stereocenters. The molecule has 1 fully saturated rings. The van der Waals surface area contributed by atoms with Crippen molar-refractivity contribution < 1.29 is 57.1 Å². The van der Waals surface area contributed by atoms with Gasteiger partial charge in [-0.25, -0.2) is 15.0 Å². The monoisotopic (exact) mass is 594 g/mol. The van der Waals surface area contributed by atoms with E-state index in [0.29, 0.717) is 37.6 Å². The highest BCUT2D eigenvalue weighted by atomic mass is 31.3. The second kappa shape index (κ2) is 15.2. The van der Waals surface area contributed by atoms with E-state index in [1.54, 1.807) is 14.2 Å². The molecule has 0 saturated carbocycles. The number of aliphatic hydroxyl groups excluding tert-OH is 2. The molecule has 0 aliphatic carbocycles. The van der Waals surface area contributed by atoms with E-state index in [-0.39, 0.29) is 24.1 Å². The Morgan fingerprint density at radius 3 is 2.18 bits per heavy atom. The van der Waals surface area contributed by atoms with Gasteiger partial charge in [0.15, 0.2) is 23.2 Å². The molecule has 0 bridgehead atoms. The Morgan fingerprint density at radius 2 is 1.63 bits per heavy atom. The van der Waals surface area contributed by atoms with E-state index < -0.39 is 46.8 Å². The van der Waals surface area contributed by atoms with Crippen molar-refractivity contribution in [1.29, 1.82) is 0 Å². The van der Waals surface area contributed by atoms with Gasteiger partial charge in [0, 0.05) is 27.3 Å². The third-order valence-corrected chi connectivity index (χ3v) is 7.04. The number of hydrogen-bond donors (Lipinski definition) is 5. The molecule has 20 nitrogen and oxygen atoms in total. The van der Waals surface area contributed by atoms with E-state index >= 15 is 0 Å². The lowest BCUT2D eigenvalue weighted by Crippen LogP contribution is -2.34. The van der Waals surface area contributed by atoms with Crippen LogP contribution in [0.25, 0.3) is 11.2 Å². The van der Waals surface area contributed by atoms with Crippen molar-refractivity contribution in [3.8, 4) is 0 Å². The maximum atomic E-state index is 11.5. The first kappa shape index (κ1) is 36.3. The van der Waals surface area contributed by atoms with Crippen LogP contribution in [-0.4, -0.2) is 95.2 Å². The van der Waals surface area contributed by atoms with Crippen LogP contribution in [0.5, 0.6) is 0 Å². The molecule has 2 aromatic heterocycles. The van der Waals surface area contributed by atoms with Crippen LogP contribution in [0.15, 0.2) is 12.7 Å². The highest BCUT2D eigenvalue weighted by Crippen LogP contribution is 2.50. The van der Waals surface area contributed by atoms with Crippen molar-refractivity contribution in [2.75, 3.05) is 52.0 Å². The largest absolute Gasteiger partial charge is 0.790 e. The van der Waals surface area contributed by atoms with Crippen LogP contribution in [0.4, 0.5) is 5.82 Å². The summed E-state index contributed by atoms with van der Waals surface area (Å²) in [6.07, 6.45) is -3.35. The number of aromatic nitrogens is 4. The fourth-order valence-corrected chi connectivity index (χ4v) is 4.89. The number of phosphoric ester groups is 1. The minimum atomic E-state index is -5.88. The molecule has 1 saturated heterocycles. The summed E-state index contributed by atoms with van der Waals surface area (Å²) in [5, 5.41) is 20.8. The number of methoxy groups -OCH3 is 2. The first-order valence-corrected chi connectivity index (χ1v) is 13.0. The number of phosphoric acid groups is 2. The molecule has 2 aromatic rings. The number of rotatable bonds is 13. The SMILES string of the molecule is COCCN(CCOC)c1ncnc2c1ncn2[C@@H]1O[C@H](COP(=O)([O-])OP(=O)([O-])[O-])[C@@H](O)[C@H]1O.[NH4+].[NH4+].[NH4+]. The number of nitrogens with zero attached hydrogens (tertiary/aromatic N) is 5. The van der Waals surface area contributed by atoms with Crippen molar-refractivity contribution in [3.63, 3.8) is 0 Å². The summed E-state index contributed by atoms with van der Waals surface area (Å²) in [6, 6.07) is 0. The number of aliphatic hydroxyl groups is 2. The molecule has 3 heterocycles. The van der Waals surface area contributed by atoms with E-state index in [4.69, 9.17) is 14.2 Å². The van der Waals surface area contributed by atoms with E-state index in [1.807, 2.05) is 4.90 Å². The lowest BCUT2D eigenvalue weighted by atomic mass is 10.1. The van der Waals surface area contributed by atoms with E-state index in [0.717, 1.165) is 0 Å². The summed E-state index contributed by atoms with van der Waals surface area (Å²) in [5.74, 6) is 0.458. The van der Waals surface area contributed by atoms with Gasteiger partial charge >= 0.3 is 0 Å². The van der Waals surface area contributed by atoms with Gasteiger partial charge in [0.25, 0.3) is 7.82 Å². The molecule has 3 rings (SSSR count). The Labute approximate surface area is 217 Å². The Balaban J connectivity index is 0.00000456. The minimum Gasteiger partial charge on any atom is -0.790 e. The lowest BCUT2D eigenvalue weighted by molar-refractivity contribution is -0.339. The topological polar surface area (TPSA) is 346 Å². The molecular formula is C16H36N8O12P2. The van der Waals surface area contributed by atoms with Crippen molar-refractivity contribution >= 4 is 32.6 Å². The van der Waals surface area contributed by atoms with E-state index in [9.17, 15) is 34.0 Å². The van der Waals surface area contributed by atoms with Crippen LogP contribution in [0, 0.1) is 0 Å². The van der Waals surface area contributed by atoms with Crippen molar-refractivity contribution in [2.45, 2.75) is 24.5 Å². The first-order valence-electron chi connectivity index (χ1n) is 10.1. The van der Waals surface area contributed by atoms with Crippen LogP contribution in [0.3, 0.4) is 0 Å². The average Bonchev–Trinajstić information content (AvgIpc) is 3.32. The predicted octanol–water partition coefficient (Wildman–Crippen LogP) is -2.00. The molecule has 0 spiro atoms. The van der Waals surface area contributed by atoms with Crippen molar-refractivity contribution in [3.05, 3.63) is 12.7 Å². The quantitative estimate of drug-likeness (QED) is 0.156. The summed E-state index contributed by atoms with van der Waals surface area (Å²) >= 11 is 0. The minimum absolute atomic E-state index is 0. The molecule has 22 heteroatoms. The molecule has 1 aliphatic rings. The van der Waals surface area contributed by atoms with Crippen LogP contribution in [0.2, 0.25) is 0 Å². The second-order valence-corrected chi connectivity index (χ2v) is 10.0. The summed E-state index contributed by atoms with van der Waals surface area (Å²) in [6.45, 7) is 0.794. The second-order valence-electron chi connectivity index (χ2n) is 7.31. The third-order valence-electron chi connectivity index (χ3n) is 4.98. The van der Waals surface area contributed by atoms with Gasteiger partial charge in [0.1, 0.15) is 24.6 Å². The maximum absolute atomic E-state index is 11.5. The van der Waals surface area contributed by atoms with Crippen LogP contribution in [-0.2, 0) is 32.2 Å². The molecular weight excluding hydrogens is 558 g/mol.